The third-order valence-corrected chi connectivity index (χ3v) is 3.98. The molecule has 0 aromatic carbocycles. The number of rotatable bonds is 1. The largest absolute Gasteiger partial charge is 0.461 e. The Morgan fingerprint density at radius 1 is 1.38 bits per heavy atom. The zero-order valence-electron chi connectivity index (χ0n) is 12.8. The third kappa shape index (κ3) is 3.63. The molecule has 0 spiro atoms. The lowest BCUT2D eigenvalue weighted by Crippen LogP contribution is -2.32. The highest BCUT2D eigenvalue weighted by atomic mass is 16.6. The molecule has 1 saturated heterocycles. The standard InChI is InChI=1S/C17H22O4/c1-10-6-5-7-11(2)9-15-16(12(3)17(19)21-15)14(8-10)20-13(4)18/h6,9,14-16H,3,5,7-8H2,1-2,4H3/b10-6+,11-9+/t14-,15-,16?/m1/s1. The number of esters is 2. The molecule has 0 aromatic rings. The van der Waals surface area contributed by atoms with Crippen molar-refractivity contribution < 1.29 is 19.1 Å². The summed E-state index contributed by atoms with van der Waals surface area (Å²) < 4.78 is 10.9. The van der Waals surface area contributed by atoms with E-state index in [0.29, 0.717) is 12.0 Å². The van der Waals surface area contributed by atoms with Crippen LogP contribution in [0.15, 0.2) is 35.5 Å². The first-order chi connectivity index (χ1) is 9.88. The van der Waals surface area contributed by atoms with Crippen LogP contribution in [-0.2, 0) is 19.1 Å². The molecule has 2 aliphatic rings. The Balaban J connectivity index is 2.39. The number of allylic oxidation sites excluding steroid dienone is 2. The van der Waals surface area contributed by atoms with Gasteiger partial charge in [-0.15, -0.1) is 0 Å². The van der Waals surface area contributed by atoms with Gasteiger partial charge >= 0.3 is 11.9 Å². The van der Waals surface area contributed by atoms with Gasteiger partial charge < -0.3 is 9.47 Å². The number of ether oxygens (including phenoxy) is 2. The van der Waals surface area contributed by atoms with E-state index in [2.05, 4.69) is 12.7 Å². The quantitative estimate of drug-likeness (QED) is 0.423. The van der Waals surface area contributed by atoms with Gasteiger partial charge in [-0.1, -0.05) is 23.8 Å². The van der Waals surface area contributed by atoms with Gasteiger partial charge in [0.1, 0.15) is 12.2 Å². The van der Waals surface area contributed by atoms with Crippen molar-refractivity contribution in [3.63, 3.8) is 0 Å². The summed E-state index contributed by atoms with van der Waals surface area (Å²) in [6.45, 7) is 9.27. The molecule has 1 heterocycles. The lowest BCUT2D eigenvalue weighted by molar-refractivity contribution is -0.149. The summed E-state index contributed by atoms with van der Waals surface area (Å²) in [5.41, 5.74) is 2.71. The highest BCUT2D eigenvalue weighted by Gasteiger charge is 2.44. The number of carbonyl (C=O) groups excluding carboxylic acids is 2. The van der Waals surface area contributed by atoms with Crippen molar-refractivity contribution in [2.24, 2.45) is 5.92 Å². The molecule has 0 N–H and O–H groups in total. The Hall–Kier alpha value is -1.84. The molecule has 1 aliphatic heterocycles. The molecule has 1 aliphatic carbocycles. The van der Waals surface area contributed by atoms with Crippen LogP contribution in [0, 0.1) is 5.92 Å². The minimum absolute atomic E-state index is 0.308. The van der Waals surface area contributed by atoms with E-state index >= 15 is 0 Å². The first-order valence-corrected chi connectivity index (χ1v) is 7.28. The second kappa shape index (κ2) is 6.29. The van der Waals surface area contributed by atoms with Gasteiger partial charge in [-0.3, -0.25) is 4.79 Å². The number of carbonyl (C=O) groups is 2. The maximum atomic E-state index is 11.9. The zero-order chi connectivity index (χ0) is 15.6. The molecular weight excluding hydrogens is 268 g/mol. The first-order valence-electron chi connectivity index (χ1n) is 7.28. The Morgan fingerprint density at radius 2 is 2.10 bits per heavy atom. The molecule has 0 aromatic heterocycles. The number of hydrogen-bond donors (Lipinski definition) is 0. The predicted octanol–water partition coefficient (Wildman–Crippen LogP) is 3.09. The SMILES string of the molecule is C=C1C(=O)O[C@@H]2/C=C(\C)CC/C=C(\C)C[C@@H](OC(C)=O)C12. The van der Waals surface area contributed by atoms with Gasteiger partial charge in [0.2, 0.25) is 0 Å². The average molecular weight is 290 g/mol. The van der Waals surface area contributed by atoms with E-state index in [4.69, 9.17) is 9.47 Å². The summed E-state index contributed by atoms with van der Waals surface area (Å²) in [5.74, 6) is -1.05. The van der Waals surface area contributed by atoms with E-state index in [-0.39, 0.29) is 18.0 Å². The summed E-state index contributed by atoms with van der Waals surface area (Å²) in [5, 5.41) is 0. The van der Waals surface area contributed by atoms with E-state index in [9.17, 15) is 9.59 Å². The van der Waals surface area contributed by atoms with Crippen molar-refractivity contribution in [3.05, 3.63) is 35.5 Å². The van der Waals surface area contributed by atoms with Crippen LogP contribution in [0.1, 0.15) is 40.0 Å². The zero-order valence-corrected chi connectivity index (χ0v) is 12.8. The molecule has 4 nitrogen and oxygen atoms in total. The van der Waals surface area contributed by atoms with E-state index in [1.54, 1.807) is 0 Å². The van der Waals surface area contributed by atoms with Gasteiger partial charge in [0.25, 0.3) is 0 Å². The molecule has 4 heteroatoms. The lowest BCUT2D eigenvalue weighted by atomic mass is 9.85. The molecule has 0 bridgehead atoms. The highest BCUT2D eigenvalue weighted by Crippen LogP contribution is 2.36. The van der Waals surface area contributed by atoms with Crippen molar-refractivity contribution in [2.45, 2.75) is 52.2 Å². The van der Waals surface area contributed by atoms with Crippen LogP contribution in [-0.4, -0.2) is 24.1 Å². The van der Waals surface area contributed by atoms with Crippen molar-refractivity contribution in [1.29, 1.82) is 0 Å². The molecule has 0 saturated carbocycles. The molecule has 0 radical (unpaired) electrons. The fraction of sp³-hybridized carbons (Fsp3) is 0.529. The maximum absolute atomic E-state index is 11.9. The van der Waals surface area contributed by atoms with Crippen LogP contribution in [0.2, 0.25) is 0 Å². The first kappa shape index (κ1) is 15.5. The van der Waals surface area contributed by atoms with Gasteiger partial charge in [-0.05, 0) is 32.8 Å². The fourth-order valence-corrected chi connectivity index (χ4v) is 2.95. The minimum Gasteiger partial charge on any atom is -0.461 e. The van der Waals surface area contributed by atoms with Crippen molar-refractivity contribution in [1.82, 2.24) is 0 Å². The minimum atomic E-state index is -0.412. The van der Waals surface area contributed by atoms with Crippen molar-refractivity contribution in [3.8, 4) is 0 Å². The molecule has 21 heavy (non-hydrogen) atoms. The van der Waals surface area contributed by atoms with Crippen LogP contribution in [0.5, 0.6) is 0 Å². The van der Waals surface area contributed by atoms with Gasteiger partial charge in [0, 0.05) is 18.9 Å². The number of fused-ring (bicyclic) bond motifs is 1. The van der Waals surface area contributed by atoms with Crippen LogP contribution < -0.4 is 0 Å². The molecule has 1 fully saturated rings. The normalized spacial score (nSPS) is 34.9. The van der Waals surface area contributed by atoms with Gasteiger partial charge in [-0.2, -0.15) is 0 Å². The Morgan fingerprint density at radius 3 is 2.76 bits per heavy atom. The fourth-order valence-electron chi connectivity index (χ4n) is 2.95. The topological polar surface area (TPSA) is 52.6 Å². The van der Waals surface area contributed by atoms with E-state index in [0.717, 1.165) is 18.4 Å². The van der Waals surface area contributed by atoms with E-state index < -0.39 is 12.1 Å². The maximum Gasteiger partial charge on any atom is 0.334 e. The molecule has 0 amide bonds. The average Bonchev–Trinajstić information content (AvgIpc) is 2.62. The van der Waals surface area contributed by atoms with Crippen LogP contribution in [0.25, 0.3) is 0 Å². The summed E-state index contributed by atoms with van der Waals surface area (Å²) >= 11 is 0. The summed E-state index contributed by atoms with van der Waals surface area (Å²) in [7, 11) is 0. The van der Waals surface area contributed by atoms with Crippen molar-refractivity contribution in [2.75, 3.05) is 0 Å². The monoisotopic (exact) mass is 290 g/mol. The Bertz CT molecular complexity index is 527. The summed E-state index contributed by atoms with van der Waals surface area (Å²) in [6, 6.07) is 0. The predicted molar refractivity (Wildman–Crippen MR) is 79.4 cm³/mol. The van der Waals surface area contributed by atoms with Crippen molar-refractivity contribution >= 4 is 11.9 Å². The molecule has 1 unspecified atom stereocenters. The van der Waals surface area contributed by atoms with Gasteiger partial charge in [-0.25, -0.2) is 4.79 Å². The van der Waals surface area contributed by atoms with Crippen LogP contribution in [0.3, 0.4) is 0 Å². The van der Waals surface area contributed by atoms with E-state index in [1.807, 2.05) is 19.9 Å². The summed E-state index contributed by atoms with van der Waals surface area (Å²) in [4.78, 5) is 23.2. The van der Waals surface area contributed by atoms with E-state index in [1.165, 1.54) is 12.5 Å². The Labute approximate surface area is 125 Å². The summed E-state index contributed by atoms with van der Waals surface area (Å²) in [6.07, 6.45) is 5.80. The molecule has 3 atom stereocenters. The van der Waals surface area contributed by atoms with Gasteiger partial charge in [0.15, 0.2) is 0 Å². The second-order valence-electron chi connectivity index (χ2n) is 5.88. The molecule has 114 valence electrons. The molecular formula is C17H22O4. The number of hydrogen-bond acceptors (Lipinski definition) is 4. The van der Waals surface area contributed by atoms with Gasteiger partial charge in [0.05, 0.1) is 5.92 Å². The highest BCUT2D eigenvalue weighted by molar-refractivity contribution is 5.91. The Kier molecular flexibility index (Phi) is 4.66. The lowest BCUT2D eigenvalue weighted by Gasteiger charge is -2.26. The van der Waals surface area contributed by atoms with Crippen LogP contribution in [0.4, 0.5) is 0 Å². The second-order valence-corrected chi connectivity index (χ2v) is 5.88. The van der Waals surface area contributed by atoms with Crippen LogP contribution >= 0.6 is 0 Å². The smallest absolute Gasteiger partial charge is 0.334 e. The third-order valence-electron chi connectivity index (χ3n) is 3.98. The molecule has 2 rings (SSSR count).